The first-order chi connectivity index (χ1) is 9.52. The van der Waals surface area contributed by atoms with E-state index in [1.54, 1.807) is 18.2 Å². The zero-order chi connectivity index (χ0) is 14.6. The van der Waals surface area contributed by atoms with Crippen molar-refractivity contribution in [3.63, 3.8) is 0 Å². The van der Waals surface area contributed by atoms with Gasteiger partial charge in [-0.1, -0.05) is 36.4 Å². The Morgan fingerprint density at radius 3 is 2.20 bits per heavy atom. The fourth-order valence-electron chi connectivity index (χ4n) is 2.12. The van der Waals surface area contributed by atoms with Crippen LogP contribution in [0.1, 0.15) is 12.5 Å². The molecule has 0 fully saturated rings. The van der Waals surface area contributed by atoms with Crippen LogP contribution in [0.3, 0.4) is 0 Å². The fraction of sp³-hybridized carbons (Fsp3) is 0.200. The second kappa shape index (κ2) is 6.07. The lowest BCUT2D eigenvalue weighted by molar-refractivity contribution is 0.482. The van der Waals surface area contributed by atoms with Crippen molar-refractivity contribution in [2.45, 2.75) is 18.4 Å². The molecule has 2 rings (SSSR count). The van der Waals surface area contributed by atoms with Crippen LogP contribution in [0.5, 0.6) is 0 Å². The van der Waals surface area contributed by atoms with Gasteiger partial charge in [-0.2, -0.15) is 8.42 Å². The maximum absolute atomic E-state index is 11.4. The molecule has 0 bridgehead atoms. The van der Waals surface area contributed by atoms with Crippen LogP contribution in [-0.2, 0) is 16.7 Å². The van der Waals surface area contributed by atoms with Crippen molar-refractivity contribution in [1.82, 2.24) is 0 Å². The number of rotatable bonds is 5. The lowest BCUT2D eigenvalue weighted by Gasteiger charge is -2.24. The second-order valence-electron chi connectivity index (χ2n) is 4.43. The molecule has 2 aromatic rings. The Bertz CT molecular complexity index is 669. The van der Waals surface area contributed by atoms with Gasteiger partial charge >= 0.3 is 0 Å². The van der Waals surface area contributed by atoms with Gasteiger partial charge in [-0.15, -0.1) is 0 Å². The van der Waals surface area contributed by atoms with E-state index in [-0.39, 0.29) is 4.90 Å². The smallest absolute Gasteiger partial charge is 0.294 e. The highest BCUT2D eigenvalue weighted by Gasteiger charge is 2.16. The number of nitrogens with zero attached hydrogens (tertiary/aromatic N) is 1. The molecule has 0 aliphatic heterocycles. The molecule has 20 heavy (non-hydrogen) atoms. The van der Waals surface area contributed by atoms with Crippen molar-refractivity contribution in [3.05, 3.63) is 60.2 Å². The van der Waals surface area contributed by atoms with Crippen LogP contribution >= 0.6 is 0 Å². The summed E-state index contributed by atoms with van der Waals surface area (Å²) < 4.78 is 32.1. The highest BCUT2D eigenvalue weighted by atomic mass is 32.2. The van der Waals surface area contributed by atoms with Crippen LogP contribution < -0.4 is 4.90 Å². The summed E-state index contributed by atoms with van der Waals surface area (Å²) in [6.07, 6.45) is 0. The van der Waals surface area contributed by atoms with E-state index in [4.69, 9.17) is 0 Å². The molecule has 0 saturated heterocycles. The predicted octanol–water partition coefficient (Wildman–Crippen LogP) is 2.96. The first-order valence-corrected chi connectivity index (χ1v) is 7.81. The van der Waals surface area contributed by atoms with E-state index < -0.39 is 10.1 Å². The topological polar surface area (TPSA) is 57.6 Å². The van der Waals surface area contributed by atoms with Gasteiger partial charge in [-0.25, -0.2) is 0 Å². The molecular weight excluding hydrogens is 274 g/mol. The summed E-state index contributed by atoms with van der Waals surface area (Å²) in [4.78, 5) is 2.01. The van der Waals surface area contributed by atoms with Crippen molar-refractivity contribution in [2.24, 2.45) is 0 Å². The minimum atomic E-state index is -4.20. The maximum Gasteiger partial charge on any atom is 0.294 e. The Labute approximate surface area is 119 Å². The van der Waals surface area contributed by atoms with Gasteiger partial charge in [-0.05, 0) is 30.7 Å². The maximum atomic E-state index is 11.4. The fourth-order valence-corrected chi connectivity index (χ4v) is 2.83. The molecule has 0 aliphatic rings. The minimum absolute atomic E-state index is 0.0330. The molecule has 0 aliphatic carbocycles. The molecule has 0 unspecified atom stereocenters. The molecule has 1 N–H and O–H groups in total. The summed E-state index contributed by atoms with van der Waals surface area (Å²) >= 11 is 0. The average Bonchev–Trinajstić information content (AvgIpc) is 2.45. The summed E-state index contributed by atoms with van der Waals surface area (Å²) in [5.74, 6) is 0. The van der Waals surface area contributed by atoms with E-state index >= 15 is 0 Å². The van der Waals surface area contributed by atoms with Crippen molar-refractivity contribution in [3.8, 4) is 0 Å². The van der Waals surface area contributed by atoms with Crippen LogP contribution in [0.15, 0.2) is 59.5 Å². The molecule has 0 radical (unpaired) electrons. The van der Waals surface area contributed by atoms with E-state index in [0.717, 1.165) is 12.2 Å². The van der Waals surface area contributed by atoms with E-state index in [2.05, 4.69) is 0 Å². The quantitative estimate of drug-likeness (QED) is 0.860. The van der Waals surface area contributed by atoms with Gasteiger partial charge in [0.15, 0.2) is 0 Å². The summed E-state index contributed by atoms with van der Waals surface area (Å²) in [6, 6.07) is 16.3. The average molecular weight is 291 g/mol. The lowest BCUT2D eigenvalue weighted by atomic mass is 10.2. The van der Waals surface area contributed by atoms with Crippen molar-refractivity contribution >= 4 is 15.8 Å². The third kappa shape index (κ3) is 3.37. The van der Waals surface area contributed by atoms with Gasteiger partial charge in [0.25, 0.3) is 10.1 Å². The molecule has 106 valence electrons. The molecule has 0 heterocycles. The second-order valence-corrected chi connectivity index (χ2v) is 5.82. The van der Waals surface area contributed by atoms with E-state index in [1.807, 2.05) is 42.2 Å². The SMILES string of the molecule is CCN(Cc1ccccc1S(=O)(=O)O)c1ccccc1. The molecule has 0 atom stereocenters. The van der Waals surface area contributed by atoms with Gasteiger partial charge in [0.05, 0.1) is 4.90 Å². The number of hydrogen-bond donors (Lipinski definition) is 1. The van der Waals surface area contributed by atoms with E-state index in [9.17, 15) is 13.0 Å². The van der Waals surface area contributed by atoms with Crippen LogP contribution in [0.4, 0.5) is 5.69 Å². The van der Waals surface area contributed by atoms with E-state index in [0.29, 0.717) is 12.1 Å². The third-order valence-corrected chi connectivity index (χ3v) is 4.07. The van der Waals surface area contributed by atoms with Crippen molar-refractivity contribution < 1.29 is 13.0 Å². The van der Waals surface area contributed by atoms with Gasteiger partial charge in [-0.3, -0.25) is 4.55 Å². The summed E-state index contributed by atoms with van der Waals surface area (Å²) in [6.45, 7) is 3.17. The Morgan fingerprint density at radius 2 is 1.60 bits per heavy atom. The monoisotopic (exact) mass is 291 g/mol. The first-order valence-electron chi connectivity index (χ1n) is 6.37. The van der Waals surface area contributed by atoms with Crippen molar-refractivity contribution in [2.75, 3.05) is 11.4 Å². The standard InChI is InChI=1S/C15H17NO3S/c1-2-16(14-9-4-3-5-10-14)12-13-8-6-7-11-15(13)20(17,18)19/h3-11H,2,12H2,1H3,(H,17,18,19). The molecule has 4 nitrogen and oxygen atoms in total. The summed E-state index contributed by atoms with van der Waals surface area (Å²) in [5, 5.41) is 0. The number of benzene rings is 2. The Morgan fingerprint density at radius 1 is 1.00 bits per heavy atom. The van der Waals surface area contributed by atoms with Crippen LogP contribution in [0.25, 0.3) is 0 Å². The third-order valence-electron chi connectivity index (χ3n) is 3.11. The molecule has 2 aromatic carbocycles. The minimum Gasteiger partial charge on any atom is -0.367 e. The zero-order valence-electron chi connectivity index (χ0n) is 11.2. The molecule has 0 aromatic heterocycles. The number of anilines is 1. The predicted molar refractivity (Wildman–Crippen MR) is 79.4 cm³/mol. The Hall–Kier alpha value is -1.85. The molecule has 5 heteroatoms. The van der Waals surface area contributed by atoms with Crippen molar-refractivity contribution in [1.29, 1.82) is 0 Å². The summed E-state index contributed by atoms with van der Waals surface area (Å²) in [7, 11) is -4.20. The first kappa shape index (κ1) is 14.6. The molecule has 0 amide bonds. The highest BCUT2D eigenvalue weighted by Crippen LogP contribution is 2.21. The van der Waals surface area contributed by atoms with Gasteiger partial charge < -0.3 is 4.90 Å². The highest BCUT2D eigenvalue weighted by molar-refractivity contribution is 7.85. The number of para-hydroxylation sites is 1. The lowest BCUT2D eigenvalue weighted by Crippen LogP contribution is -2.23. The summed E-state index contributed by atoms with van der Waals surface area (Å²) in [5.41, 5.74) is 1.60. The van der Waals surface area contributed by atoms with Gasteiger partial charge in [0.1, 0.15) is 0 Å². The Balaban J connectivity index is 2.34. The van der Waals surface area contributed by atoms with Gasteiger partial charge in [0, 0.05) is 18.8 Å². The zero-order valence-corrected chi connectivity index (χ0v) is 12.0. The van der Waals surface area contributed by atoms with Gasteiger partial charge in [0.2, 0.25) is 0 Å². The molecule has 0 spiro atoms. The van der Waals surface area contributed by atoms with Crippen LogP contribution in [-0.4, -0.2) is 19.5 Å². The van der Waals surface area contributed by atoms with Crippen LogP contribution in [0.2, 0.25) is 0 Å². The van der Waals surface area contributed by atoms with Crippen LogP contribution in [0, 0.1) is 0 Å². The molecular formula is C15H17NO3S. The molecule has 0 saturated carbocycles. The normalized spacial score (nSPS) is 11.3. The number of hydrogen-bond acceptors (Lipinski definition) is 3. The Kier molecular flexibility index (Phi) is 4.42. The largest absolute Gasteiger partial charge is 0.367 e. The van der Waals surface area contributed by atoms with E-state index in [1.165, 1.54) is 6.07 Å².